The van der Waals surface area contributed by atoms with E-state index in [1.807, 2.05) is 19.9 Å². The number of rotatable bonds is 4. The maximum atomic E-state index is 11.6. The average molecular weight is 276 g/mol. The van der Waals surface area contributed by atoms with Crippen LogP contribution < -0.4 is 4.90 Å². The molecule has 1 aromatic rings. The Labute approximate surface area is 120 Å². The summed E-state index contributed by atoms with van der Waals surface area (Å²) in [5.74, 6) is -0.219. The van der Waals surface area contributed by atoms with Crippen LogP contribution in [0.1, 0.15) is 60.6 Å². The smallest absolute Gasteiger partial charge is 0.339 e. The van der Waals surface area contributed by atoms with Gasteiger partial charge in [0, 0.05) is 18.3 Å². The molecule has 4 heteroatoms. The van der Waals surface area contributed by atoms with Crippen molar-refractivity contribution >= 4 is 11.8 Å². The van der Waals surface area contributed by atoms with Gasteiger partial charge in [0.05, 0.1) is 0 Å². The maximum Gasteiger partial charge on any atom is 0.339 e. The van der Waals surface area contributed by atoms with E-state index in [-0.39, 0.29) is 0 Å². The molecular weight excluding hydrogens is 252 g/mol. The SMILES string of the molecule is CCN(c1nc(C)cc(C)c1C(=O)O)C1CCCCC1. The molecule has 2 rings (SSSR count). The fourth-order valence-corrected chi connectivity index (χ4v) is 3.26. The van der Waals surface area contributed by atoms with Gasteiger partial charge in [-0.3, -0.25) is 0 Å². The summed E-state index contributed by atoms with van der Waals surface area (Å²) in [6.45, 7) is 6.67. The number of carboxylic acids is 1. The zero-order valence-electron chi connectivity index (χ0n) is 12.6. The lowest BCUT2D eigenvalue weighted by atomic mass is 9.93. The van der Waals surface area contributed by atoms with Gasteiger partial charge in [0.15, 0.2) is 0 Å². The Bertz CT molecular complexity index is 493. The standard InChI is InChI=1S/C16H24N2O2/c1-4-18(13-8-6-5-7-9-13)15-14(16(19)20)11(2)10-12(3)17-15/h10,13H,4-9H2,1-3H3,(H,19,20). The van der Waals surface area contributed by atoms with E-state index in [1.54, 1.807) is 0 Å². The normalized spacial score (nSPS) is 16.1. The molecule has 0 radical (unpaired) electrons. The third-order valence-electron chi connectivity index (χ3n) is 4.17. The van der Waals surface area contributed by atoms with Gasteiger partial charge in [-0.1, -0.05) is 19.3 Å². The maximum absolute atomic E-state index is 11.6. The van der Waals surface area contributed by atoms with E-state index in [2.05, 4.69) is 16.8 Å². The quantitative estimate of drug-likeness (QED) is 0.913. The largest absolute Gasteiger partial charge is 0.478 e. The molecule has 1 heterocycles. The number of pyridine rings is 1. The van der Waals surface area contributed by atoms with Gasteiger partial charge in [0.1, 0.15) is 11.4 Å². The number of aromatic nitrogens is 1. The molecule has 0 unspecified atom stereocenters. The van der Waals surface area contributed by atoms with Crippen LogP contribution in [-0.2, 0) is 0 Å². The zero-order chi connectivity index (χ0) is 14.7. The van der Waals surface area contributed by atoms with Crippen molar-refractivity contribution in [2.75, 3.05) is 11.4 Å². The van der Waals surface area contributed by atoms with Gasteiger partial charge in [-0.15, -0.1) is 0 Å². The first kappa shape index (κ1) is 14.8. The molecular formula is C16H24N2O2. The van der Waals surface area contributed by atoms with Crippen LogP contribution >= 0.6 is 0 Å². The second-order valence-electron chi connectivity index (χ2n) is 5.66. The van der Waals surface area contributed by atoms with E-state index in [9.17, 15) is 9.90 Å². The van der Waals surface area contributed by atoms with Crippen molar-refractivity contribution in [3.8, 4) is 0 Å². The van der Waals surface area contributed by atoms with Gasteiger partial charge in [-0.25, -0.2) is 9.78 Å². The molecule has 4 nitrogen and oxygen atoms in total. The Morgan fingerprint density at radius 2 is 2.00 bits per heavy atom. The number of nitrogens with zero attached hydrogens (tertiary/aromatic N) is 2. The number of carbonyl (C=O) groups is 1. The van der Waals surface area contributed by atoms with E-state index in [4.69, 9.17) is 0 Å². The minimum absolute atomic E-state index is 0.364. The molecule has 0 aliphatic heterocycles. The van der Waals surface area contributed by atoms with E-state index in [0.29, 0.717) is 17.4 Å². The summed E-state index contributed by atoms with van der Waals surface area (Å²) in [7, 11) is 0. The fraction of sp³-hybridized carbons (Fsp3) is 0.625. The lowest BCUT2D eigenvalue weighted by Gasteiger charge is -2.35. The zero-order valence-corrected chi connectivity index (χ0v) is 12.6. The van der Waals surface area contributed by atoms with Crippen LogP contribution in [0.5, 0.6) is 0 Å². The minimum Gasteiger partial charge on any atom is -0.478 e. The lowest BCUT2D eigenvalue weighted by molar-refractivity contribution is 0.0696. The molecule has 0 bridgehead atoms. The molecule has 110 valence electrons. The fourth-order valence-electron chi connectivity index (χ4n) is 3.26. The Morgan fingerprint density at radius 1 is 1.35 bits per heavy atom. The Kier molecular flexibility index (Phi) is 4.63. The first-order chi connectivity index (χ1) is 9.54. The Hall–Kier alpha value is -1.58. The monoisotopic (exact) mass is 276 g/mol. The van der Waals surface area contributed by atoms with Gasteiger partial charge < -0.3 is 10.0 Å². The highest BCUT2D eigenvalue weighted by molar-refractivity contribution is 5.95. The van der Waals surface area contributed by atoms with Crippen LogP contribution in [-0.4, -0.2) is 28.6 Å². The molecule has 1 aliphatic carbocycles. The number of hydrogen-bond acceptors (Lipinski definition) is 3. The third-order valence-corrected chi connectivity index (χ3v) is 4.17. The third kappa shape index (κ3) is 2.94. The van der Waals surface area contributed by atoms with Gasteiger partial charge in [0.25, 0.3) is 0 Å². The van der Waals surface area contributed by atoms with Crippen molar-refractivity contribution in [3.63, 3.8) is 0 Å². The van der Waals surface area contributed by atoms with Crippen LogP contribution in [0.4, 0.5) is 5.82 Å². The van der Waals surface area contributed by atoms with Crippen molar-refractivity contribution in [2.45, 2.75) is 58.9 Å². The van der Waals surface area contributed by atoms with Crippen molar-refractivity contribution in [1.82, 2.24) is 4.98 Å². The van der Waals surface area contributed by atoms with Gasteiger partial charge in [-0.2, -0.15) is 0 Å². The lowest BCUT2D eigenvalue weighted by Crippen LogP contribution is -2.38. The molecule has 1 N–H and O–H groups in total. The topological polar surface area (TPSA) is 53.4 Å². The first-order valence-corrected chi connectivity index (χ1v) is 7.52. The number of carboxylic acid groups (broad SMARTS) is 1. The van der Waals surface area contributed by atoms with E-state index in [1.165, 1.54) is 19.3 Å². The predicted octanol–water partition coefficient (Wildman–Crippen LogP) is 3.56. The molecule has 0 amide bonds. The van der Waals surface area contributed by atoms with E-state index < -0.39 is 5.97 Å². The molecule has 1 fully saturated rings. The molecule has 1 saturated carbocycles. The molecule has 1 aliphatic rings. The molecule has 0 atom stereocenters. The van der Waals surface area contributed by atoms with Gasteiger partial charge in [-0.05, 0) is 45.2 Å². The summed E-state index contributed by atoms with van der Waals surface area (Å²) in [6, 6.07) is 2.28. The van der Waals surface area contributed by atoms with E-state index in [0.717, 1.165) is 30.6 Å². The summed E-state index contributed by atoms with van der Waals surface area (Å²) < 4.78 is 0. The molecule has 0 saturated heterocycles. The van der Waals surface area contributed by atoms with Crippen molar-refractivity contribution in [2.24, 2.45) is 0 Å². The summed E-state index contributed by atoms with van der Waals surface area (Å²) >= 11 is 0. The highest BCUT2D eigenvalue weighted by Gasteiger charge is 2.26. The van der Waals surface area contributed by atoms with Gasteiger partial charge in [0.2, 0.25) is 0 Å². The molecule has 20 heavy (non-hydrogen) atoms. The van der Waals surface area contributed by atoms with Crippen LogP contribution in [0.25, 0.3) is 0 Å². The Balaban J connectivity index is 2.44. The number of hydrogen-bond donors (Lipinski definition) is 1. The summed E-state index contributed by atoms with van der Waals surface area (Å²) in [4.78, 5) is 18.3. The molecule has 0 aromatic carbocycles. The number of aromatic carboxylic acids is 1. The van der Waals surface area contributed by atoms with Crippen LogP contribution in [0, 0.1) is 13.8 Å². The van der Waals surface area contributed by atoms with E-state index >= 15 is 0 Å². The highest BCUT2D eigenvalue weighted by Crippen LogP contribution is 2.30. The predicted molar refractivity (Wildman–Crippen MR) is 80.6 cm³/mol. The average Bonchev–Trinajstić information content (AvgIpc) is 2.39. The second kappa shape index (κ2) is 6.25. The highest BCUT2D eigenvalue weighted by atomic mass is 16.4. The number of anilines is 1. The summed E-state index contributed by atoms with van der Waals surface area (Å²) in [5, 5.41) is 9.51. The molecule has 1 aromatic heterocycles. The van der Waals surface area contributed by atoms with Crippen molar-refractivity contribution < 1.29 is 9.90 Å². The van der Waals surface area contributed by atoms with Crippen molar-refractivity contribution in [1.29, 1.82) is 0 Å². The first-order valence-electron chi connectivity index (χ1n) is 7.52. The molecule has 0 spiro atoms. The van der Waals surface area contributed by atoms with Crippen LogP contribution in [0.15, 0.2) is 6.07 Å². The summed E-state index contributed by atoms with van der Waals surface area (Å²) in [5.41, 5.74) is 2.05. The summed E-state index contributed by atoms with van der Waals surface area (Å²) in [6.07, 6.45) is 6.03. The van der Waals surface area contributed by atoms with Crippen LogP contribution in [0.3, 0.4) is 0 Å². The van der Waals surface area contributed by atoms with Gasteiger partial charge >= 0.3 is 5.97 Å². The minimum atomic E-state index is -0.876. The second-order valence-corrected chi connectivity index (χ2v) is 5.66. The van der Waals surface area contributed by atoms with Crippen molar-refractivity contribution in [3.05, 3.63) is 22.9 Å². The van der Waals surface area contributed by atoms with Crippen LogP contribution in [0.2, 0.25) is 0 Å². The Morgan fingerprint density at radius 3 is 2.55 bits per heavy atom. The number of aryl methyl sites for hydroxylation is 2.